The topological polar surface area (TPSA) is 235 Å². The molecule has 8 rings (SSSR count). The van der Waals surface area contributed by atoms with Gasteiger partial charge in [-0.3, -0.25) is 28.5 Å². The van der Waals surface area contributed by atoms with Crippen molar-refractivity contribution in [2.45, 2.75) is 147 Å². The summed E-state index contributed by atoms with van der Waals surface area (Å²) in [5.74, 6) is -2.09. The number of nitrogens with one attached hydrogen (secondary N) is 6. The van der Waals surface area contributed by atoms with E-state index >= 15 is 0 Å². The van der Waals surface area contributed by atoms with Crippen molar-refractivity contribution in [3.05, 3.63) is 191 Å². The predicted octanol–water partition coefficient (Wildman–Crippen LogP) is 8.64. The molecular weight excluding hydrogens is 1130 g/mol. The van der Waals surface area contributed by atoms with Crippen molar-refractivity contribution in [1.29, 1.82) is 0 Å². The number of nitrogens with zero attached hydrogens (tertiary/aromatic N) is 2. The van der Waals surface area contributed by atoms with Crippen molar-refractivity contribution in [3.63, 3.8) is 0 Å². The van der Waals surface area contributed by atoms with Crippen LogP contribution < -0.4 is 42.6 Å². The molecule has 0 spiro atoms. The number of rotatable bonds is 29. The lowest BCUT2D eigenvalue weighted by Gasteiger charge is -2.43. The van der Waals surface area contributed by atoms with Crippen molar-refractivity contribution < 1.29 is 38.2 Å². The van der Waals surface area contributed by atoms with Crippen LogP contribution in [0.25, 0.3) is 10.9 Å². The normalized spacial score (nSPS) is 16.2. The third kappa shape index (κ3) is 17.7. The van der Waals surface area contributed by atoms with Crippen molar-refractivity contribution in [1.82, 2.24) is 35.8 Å². The minimum Gasteiger partial charge on any atom is -0.404 e. The summed E-state index contributed by atoms with van der Waals surface area (Å²) in [5, 5.41) is 29.2. The molecule has 1 saturated heterocycles. The Balaban J connectivity index is 0.840. The fourth-order valence-corrected chi connectivity index (χ4v) is 17.0. The zero-order valence-corrected chi connectivity index (χ0v) is 52.7. The van der Waals surface area contributed by atoms with Gasteiger partial charge in [-0.05, 0) is 81.8 Å². The van der Waals surface area contributed by atoms with E-state index in [1.54, 1.807) is 44.1 Å². The van der Waals surface area contributed by atoms with Gasteiger partial charge in [-0.2, -0.15) is 4.98 Å². The molecule has 2 aromatic heterocycles. The van der Waals surface area contributed by atoms with E-state index in [0.717, 1.165) is 38.0 Å². The highest BCUT2D eigenvalue weighted by molar-refractivity contribution is 8.00. The molecule has 17 nitrogen and oxygen atoms in total. The van der Waals surface area contributed by atoms with Gasteiger partial charge in [-0.1, -0.05) is 188 Å². The standard InChI is InChI=1S/C68H84N8O9SSi/c1-45(2)38-55(57(77)41-61(80)70-54(48-26-14-9-15-27-48)39-47-24-12-8-13-25-47)72-66(82)64(46(3)4)75-65(81)56(40-49-42-69-53-33-21-20-32-52(49)53)71-59(78)34-22-23-35-60(79)73-58-36-37-76(67(83)74-58)62-44-86-63(85-62)43-84-87(68(5,6)7,50-28-16-10-17-29-50)51-30-18-11-19-31-51/h8-21,24-33,36-37,42,45-46,54-57,62-64,69,77H,22-23,34-35,38-41,43-44H2,1-7H3,(H,70,80)(H,71,78)(H,72,82)(H,75,81)(H,73,74,79,83)/t54?,55-,56+,57-,62?,63?,64+/m1/s1. The predicted molar refractivity (Wildman–Crippen MR) is 346 cm³/mol. The van der Waals surface area contributed by atoms with E-state index in [0.29, 0.717) is 38.0 Å². The van der Waals surface area contributed by atoms with Crippen LogP contribution >= 0.6 is 11.8 Å². The highest BCUT2D eigenvalue weighted by Crippen LogP contribution is 2.39. The number of aliphatic hydroxyl groups is 1. The quantitative estimate of drug-likeness (QED) is 0.0173. The molecule has 1 fully saturated rings. The number of hydrogen-bond donors (Lipinski definition) is 7. The maximum atomic E-state index is 14.4. The fraction of sp³-hybridized carbons (Fsp3) is 0.397. The molecule has 87 heavy (non-hydrogen) atoms. The largest absolute Gasteiger partial charge is 0.404 e. The molecule has 7 atom stereocenters. The first kappa shape index (κ1) is 65.3. The van der Waals surface area contributed by atoms with E-state index in [4.69, 9.17) is 9.16 Å². The summed E-state index contributed by atoms with van der Waals surface area (Å²) in [6, 6.07) is 46.1. The van der Waals surface area contributed by atoms with Gasteiger partial charge in [0.15, 0.2) is 0 Å². The molecule has 19 heteroatoms. The molecule has 5 amide bonds. The number of hydrogen-bond acceptors (Lipinski definition) is 11. The van der Waals surface area contributed by atoms with Gasteiger partial charge in [0.05, 0.1) is 31.2 Å². The van der Waals surface area contributed by atoms with Gasteiger partial charge in [0.25, 0.3) is 8.32 Å². The lowest BCUT2D eigenvalue weighted by atomic mass is 9.94. The number of unbranched alkanes of at least 4 members (excludes halogenated alkanes) is 1. The minimum atomic E-state index is -2.81. The SMILES string of the molecule is CC(C)C[C@@H](NC(=O)[C@@H](NC(=O)[C@H](Cc1c[nH]c2ccccc12)NC(=O)CCCCC(=O)Nc1ccn(C2CSC(CO[Si](c3ccccc3)(c3ccccc3)C(C)(C)C)O2)c(=O)n1)C(C)C)[C@H](O)CC(=O)NC(Cc1ccccc1)c1ccccc1. The van der Waals surface area contributed by atoms with Gasteiger partial charge < -0.3 is 45.8 Å². The number of fused-ring (bicyclic) bond motifs is 1. The number of amides is 5. The third-order valence-electron chi connectivity index (χ3n) is 15.8. The van der Waals surface area contributed by atoms with E-state index in [2.05, 4.69) is 81.6 Å². The van der Waals surface area contributed by atoms with Crippen molar-refractivity contribution in [2.75, 3.05) is 17.7 Å². The van der Waals surface area contributed by atoms with Gasteiger partial charge >= 0.3 is 5.69 Å². The maximum absolute atomic E-state index is 14.4. The average molecular weight is 1220 g/mol. The molecule has 0 radical (unpaired) electrons. The summed E-state index contributed by atoms with van der Waals surface area (Å²) in [7, 11) is -2.81. The molecule has 1 aliphatic heterocycles. The summed E-state index contributed by atoms with van der Waals surface area (Å²) in [6.45, 7) is 14.5. The molecule has 0 bridgehead atoms. The van der Waals surface area contributed by atoms with Gasteiger partial charge in [-0.25, -0.2) is 4.79 Å². The van der Waals surface area contributed by atoms with E-state index in [-0.39, 0.29) is 65.7 Å². The Hall–Kier alpha value is -7.68. The number of carbonyl (C=O) groups excluding carboxylic acids is 5. The Kier molecular flexibility index (Phi) is 23.1. The van der Waals surface area contributed by atoms with Crippen molar-refractivity contribution in [2.24, 2.45) is 11.8 Å². The van der Waals surface area contributed by atoms with E-state index in [1.165, 1.54) is 4.57 Å². The number of aromatic nitrogens is 3. The van der Waals surface area contributed by atoms with E-state index < -0.39 is 68.1 Å². The third-order valence-corrected chi connectivity index (χ3v) is 21.9. The van der Waals surface area contributed by atoms with Crippen LogP contribution in [0.3, 0.4) is 0 Å². The Labute approximate surface area is 515 Å². The summed E-state index contributed by atoms with van der Waals surface area (Å²) in [5.41, 5.74) is 2.68. The number of carbonyl (C=O) groups is 5. The number of H-pyrrole nitrogens is 1. The molecule has 3 unspecified atom stereocenters. The lowest BCUT2D eigenvalue weighted by molar-refractivity contribution is -0.133. The summed E-state index contributed by atoms with van der Waals surface area (Å²) >= 11 is 1.58. The first-order chi connectivity index (χ1) is 41.8. The van der Waals surface area contributed by atoms with Crippen LogP contribution in [0.5, 0.6) is 0 Å². The van der Waals surface area contributed by atoms with Crippen molar-refractivity contribution in [3.8, 4) is 0 Å². The highest BCUT2D eigenvalue weighted by atomic mass is 32.2. The van der Waals surface area contributed by atoms with Gasteiger partial charge in [0.2, 0.25) is 29.5 Å². The zero-order valence-electron chi connectivity index (χ0n) is 50.9. The second-order valence-corrected chi connectivity index (χ2v) is 29.7. The molecule has 7 N–H and O–H groups in total. The average Bonchev–Trinajstić information content (AvgIpc) is 1.28. The van der Waals surface area contributed by atoms with Crippen LogP contribution in [-0.2, 0) is 46.0 Å². The molecule has 3 heterocycles. The summed E-state index contributed by atoms with van der Waals surface area (Å²) < 4.78 is 14.9. The van der Waals surface area contributed by atoms with Crippen LogP contribution in [0.15, 0.2) is 169 Å². The second kappa shape index (κ2) is 30.8. The van der Waals surface area contributed by atoms with Crippen LogP contribution in [-0.4, -0.2) is 99.5 Å². The number of aliphatic hydroxyl groups excluding tert-OH is 1. The number of para-hydroxylation sites is 1. The van der Waals surface area contributed by atoms with Crippen LogP contribution in [0, 0.1) is 11.8 Å². The Bertz CT molecular complexity index is 3400. The monoisotopic (exact) mass is 1220 g/mol. The molecular formula is C68H84N8O9SSi. The Morgan fingerprint density at radius 3 is 1.97 bits per heavy atom. The maximum Gasteiger partial charge on any atom is 0.351 e. The van der Waals surface area contributed by atoms with Gasteiger partial charge in [-0.15, -0.1) is 11.8 Å². The van der Waals surface area contributed by atoms with Crippen LogP contribution in [0.4, 0.5) is 5.82 Å². The zero-order chi connectivity index (χ0) is 62.1. The first-order valence-corrected chi connectivity index (χ1v) is 33.2. The number of ether oxygens (including phenoxy) is 1. The lowest BCUT2D eigenvalue weighted by Crippen LogP contribution is -2.67. The minimum absolute atomic E-state index is 0.00262. The Morgan fingerprint density at radius 2 is 1.34 bits per heavy atom. The van der Waals surface area contributed by atoms with Gasteiger partial charge in [0.1, 0.15) is 29.6 Å². The van der Waals surface area contributed by atoms with Crippen molar-refractivity contribution >= 4 is 76.7 Å². The summed E-state index contributed by atoms with van der Waals surface area (Å²) in [6.07, 6.45) is 2.91. The van der Waals surface area contributed by atoms with Gasteiger partial charge in [0, 0.05) is 48.3 Å². The fourth-order valence-electron chi connectivity index (χ4n) is 11.4. The number of aromatic amines is 1. The summed E-state index contributed by atoms with van der Waals surface area (Å²) in [4.78, 5) is 90.1. The molecule has 0 aliphatic carbocycles. The van der Waals surface area contributed by atoms with Crippen LogP contribution in [0.2, 0.25) is 5.04 Å². The Morgan fingerprint density at radius 1 is 0.736 bits per heavy atom. The number of anilines is 1. The smallest absolute Gasteiger partial charge is 0.351 e. The van der Waals surface area contributed by atoms with E-state index in [9.17, 15) is 33.9 Å². The van der Waals surface area contributed by atoms with E-state index in [1.807, 2.05) is 135 Å². The molecule has 7 aromatic rings. The molecule has 460 valence electrons. The molecule has 0 saturated carbocycles. The second-order valence-electron chi connectivity index (χ2n) is 24.2. The van der Waals surface area contributed by atoms with Crippen LogP contribution in [0.1, 0.15) is 116 Å². The number of thioether (sulfide) groups is 1. The number of benzene rings is 5. The highest BCUT2D eigenvalue weighted by Gasteiger charge is 2.51. The first-order valence-electron chi connectivity index (χ1n) is 30.2. The molecule has 5 aromatic carbocycles. The molecule has 1 aliphatic rings.